The molecule has 0 saturated heterocycles. The van der Waals surface area contributed by atoms with Crippen LogP contribution in [0.1, 0.15) is 0 Å². The van der Waals surface area contributed by atoms with Crippen LogP contribution >= 0.6 is 0 Å². The minimum Gasteiger partial charge on any atom is -0.455 e. The van der Waals surface area contributed by atoms with E-state index in [2.05, 4.69) is 299 Å². The van der Waals surface area contributed by atoms with Gasteiger partial charge in [0, 0.05) is 87.4 Å². The molecule has 13 aromatic carbocycles. The lowest BCUT2D eigenvalue weighted by atomic mass is 10.0. The SMILES string of the molecule is c1ccc(N2c3cccc4c3[Si]3(c5ccccc5)c5c(c6c7c(c52)Oc2cc5ccccc5c5c2[Si]7(c2ccccc2)c2c(cccc2N5c2ccccc2)N6c2ccccc2)Oc2cc5ccccc5c(c23)N4c2ccccc2)cc1. The Morgan fingerprint density at radius 2 is 0.537 bits per heavy atom. The summed E-state index contributed by atoms with van der Waals surface area (Å²) in [5.41, 5.74) is 13.3. The smallest absolute Gasteiger partial charge is 0.198 e. The zero-order chi connectivity index (χ0) is 53.4. The average Bonchev–Trinajstić information content (AvgIpc) is 0.765. The van der Waals surface area contributed by atoms with Crippen molar-refractivity contribution < 1.29 is 9.47 Å². The lowest BCUT2D eigenvalue weighted by molar-refractivity contribution is 0.477. The van der Waals surface area contributed by atoms with Gasteiger partial charge in [-0.05, 0) is 106 Å². The summed E-state index contributed by atoms with van der Waals surface area (Å²) < 4.78 is 16.8. The van der Waals surface area contributed by atoms with E-state index in [1.54, 1.807) is 0 Å². The molecule has 0 N–H and O–H groups in total. The molecule has 8 heteroatoms. The molecule has 6 heterocycles. The van der Waals surface area contributed by atoms with Crippen LogP contribution in [0.3, 0.4) is 0 Å². The molecule has 0 bridgehead atoms. The van der Waals surface area contributed by atoms with Crippen LogP contribution < -0.4 is 70.6 Å². The first-order valence-electron chi connectivity index (χ1n) is 28.3. The molecule has 6 aliphatic rings. The van der Waals surface area contributed by atoms with E-state index in [9.17, 15) is 0 Å². The summed E-state index contributed by atoms with van der Waals surface area (Å²) in [6.07, 6.45) is 0. The lowest BCUT2D eigenvalue weighted by Crippen LogP contribution is -2.83. The molecule has 0 saturated carbocycles. The van der Waals surface area contributed by atoms with Crippen molar-refractivity contribution in [2.75, 3.05) is 19.6 Å². The maximum absolute atomic E-state index is 8.38. The van der Waals surface area contributed by atoms with Crippen molar-refractivity contribution in [1.29, 1.82) is 0 Å². The van der Waals surface area contributed by atoms with E-state index < -0.39 is 16.1 Å². The number of para-hydroxylation sites is 4. The number of anilines is 12. The third-order valence-corrected chi connectivity index (χ3v) is 28.2. The van der Waals surface area contributed by atoms with Crippen LogP contribution in [0.5, 0.6) is 23.0 Å². The van der Waals surface area contributed by atoms with Crippen LogP contribution in [0.2, 0.25) is 0 Å². The van der Waals surface area contributed by atoms with E-state index in [0.717, 1.165) is 90.6 Å². The van der Waals surface area contributed by atoms with E-state index in [4.69, 9.17) is 9.47 Å². The molecular weight excluding hydrogens is 1030 g/mol. The van der Waals surface area contributed by atoms with Gasteiger partial charge in [0.25, 0.3) is 0 Å². The first-order valence-corrected chi connectivity index (χ1v) is 32.3. The topological polar surface area (TPSA) is 31.4 Å². The van der Waals surface area contributed by atoms with Gasteiger partial charge in [0.2, 0.25) is 0 Å². The standard InChI is InChI=1S/C74H46N4O2Si2/c1-7-27-49(28-8-1)75-57-41-23-43-59-69(57)81(53-35-15-5-16-36-53)71-61(45-47-25-19-21-39-55(47)63(71)75)79-67-66-74-68(65(73(67)81)77(59)51-31-11-3-12-32-51)80-62-46-48-26-20-22-40-56(48)64-72(62)82(74,54-37-17-6-18-38-54)70-58(76(64)50-29-9-2-10-30-50)42-24-44-60(70)78(66)52-33-13-4-14-34-52/h1-46H. The highest BCUT2D eigenvalue weighted by molar-refractivity contribution is 7.26. The third kappa shape index (κ3) is 5.35. The van der Waals surface area contributed by atoms with Gasteiger partial charge in [-0.1, -0.05) is 194 Å². The summed E-state index contributed by atoms with van der Waals surface area (Å²) in [6, 6.07) is 104. The first-order chi connectivity index (χ1) is 40.7. The minimum absolute atomic E-state index is 0.884. The Bertz CT molecular complexity index is 4590. The Kier molecular flexibility index (Phi) is 8.75. The maximum atomic E-state index is 8.38. The second kappa shape index (κ2) is 16.1. The van der Waals surface area contributed by atoms with Crippen molar-refractivity contribution in [3.05, 3.63) is 279 Å². The quantitative estimate of drug-likeness (QED) is 0.154. The molecule has 2 unspecified atom stereocenters. The van der Waals surface area contributed by atoms with Crippen molar-refractivity contribution >= 4 is 147 Å². The van der Waals surface area contributed by atoms with Crippen LogP contribution in [0.25, 0.3) is 21.5 Å². The molecule has 0 radical (unpaired) electrons. The summed E-state index contributed by atoms with van der Waals surface area (Å²) >= 11 is 0. The normalized spacial score (nSPS) is 17.5. The number of nitrogens with zero attached hydrogens (tertiary/aromatic N) is 4. The fraction of sp³-hybridized carbons (Fsp3) is 0. The Hall–Kier alpha value is -10.4. The maximum Gasteiger partial charge on any atom is 0.198 e. The Labute approximate surface area is 475 Å². The van der Waals surface area contributed by atoms with Gasteiger partial charge in [0.1, 0.15) is 11.5 Å². The number of benzene rings is 13. The Balaban J connectivity index is 1.09. The molecule has 19 rings (SSSR count). The average molecular weight is 1080 g/mol. The predicted octanol–water partition coefficient (Wildman–Crippen LogP) is 14.1. The molecule has 0 aliphatic carbocycles. The van der Waals surface area contributed by atoms with Crippen LogP contribution in [-0.2, 0) is 0 Å². The van der Waals surface area contributed by atoms with Crippen molar-refractivity contribution in [3.63, 3.8) is 0 Å². The highest BCUT2D eigenvalue weighted by atomic mass is 28.3. The molecule has 13 aromatic rings. The van der Waals surface area contributed by atoms with Gasteiger partial charge in [-0.2, -0.15) is 0 Å². The van der Waals surface area contributed by atoms with E-state index in [-0.39, 0.29) is 0 Å². The first kappa shape index (κ1) is 44.5. The van der Waals surface area contributed by atoms with E-state index in [0.29, 0.717) is 0 Å². The number of hydrogen-bond acceptors (Lipinski definition) is 6. The molecule has 0 amide bonds. The molecule has 6 aliphatic heterocycles. The van der Waals surface area contributed by atoms with Crippen LogP contribution in [0.4, 0.5) is 68.2 Å². The fourth-order valence-corrected chi connectivity index (χ4v) is 26.9. The summed E-state index contributed by atoms with van der Waals surface area (Å²) in [5, 5.41) is 14.7. The summed E-state index contributed by atoms with van der Waals surface area (Å²) in [5.74, 6) is 3.54. The second-order valence-electron chi connectivity index (χ2n) is 22.2. The predicted molar refractivity (Wildman–Crippen MR) is 342 cm³/mol. The molecule has 82 heavy (non-hydrogen) atoms. The van der Waals surface area contributed by atoms with Crippen molar-refractivity contribution in [3.8, 4) is 23.0 Å². The van der Waals surface area contributed by atoms with Gasteiger partial charge in [-0.15, -0.1) is 0 Å². The molecule has 6 nitrogen and oxygen atoms in total. The van der Waals surface area contributed by atoms with Gasteiger partial charge < -0.3 is 29.1 Å². The number of rotatable bonds is 6. The highest BCUT2D eigenvalue weighted by Crippen LogP contribution is 2.61. The summed E-state index contributed by atoms with van der Waals surface area (Å²) in [7, 11) is -7.25. The Morgan fingerprint density at radius 3 is 0.878 bits per heavy atom. The van der Waals surface area contributed by atoms with Crippen LogP contribution in [0, 0.1) is 0 Å². The van der Waals surface area contributed by atoms with Gasteiger partial charge >= 0.3 is 0 Å². The minimum atomic E-state index is -3.62. The number of fused-ring (bicyclic) bond motifs is 6. The molecular formula is C74H46N4O2Si2. The molecule has 0 aromatic heterocycles. The lowest BCUT2D eigenvalue weighted by Gasteiger charge is -2.57. The van der Waals surface area contributed by atoms with E-state index in [1.165, 1.54) is 63.6 Å². The van der Waals surface area contributed by atoms with Gasteiger partial charge in [0.05, 0.1) is 22.7 Å². The molecule has 0 fully saturated rings. The Morgan fingerprint density at radius 1 is 0.244 bits per heavy atom. The summed E-state index contributed by atoms with van der Waals surface area (Å²) in [6.45, 7) is 0. The second-order valence-corrected chi connectivity index (χ2v) is 29.4. The zero-order valence-electron chi connectivity index (χ0n) is 44.2. The number of hydrogen-bond donors (Lipinski definition) is 0. The number of ether oxygens (including phenoxy) is 2. The monoisotopic (exact) mass is 1080 g/mol. The third-order valence-electron chi connectivity index (χ3n) is 18.4. The van der Waals surface area contributed by atoms with Crippen molar-refractivity contribution in [2.45, 2.75) is 0 Å². The van der Waals surface area contributed by atoms with Crippen molar-refractivity contribution in [1.82, 2.24) is 0 Å². The largest absolute Gasteiger partial charge is 0.455 e. The van der Waals surface area contributed by atoms with Crippen molar-refractivity contribution in [2.24, 2.45) is 0 Å². The summed E-state index contributed by atoms with van der Waals surface area (Å²) in [4.78, 5) is 10.2. The van der Waals surface area contributed by atoms with Gasteiger partial charge in [-0.25, -0.2) is 0 Å². The molecule has 0 spiro atoms. The van der Waals surface area contributed by atoms with Gasteiger partial charge in [-0.3, -0.25) is 0 Å². The van der Waals surface area contributed by atoms with Crippen LogP contribution in [0.15, 0.2) is 279 Å². The molecule has 2 atom stereocenters. The molecule has 382 valence electrons. The van der Waals surface area contributed by atoms with Gasteiger partial charge in [0.15, 0.2) is 27.6 Å². The fourth-order valence-electron chi connectivity index (χ4n) is 15.6. The van der Waals surface area contributed by atoms with Crippen LogP contribution in [-0.4, -0.2) is 16.1 Å². The van der Waals surface area contributed by atoms with E-state index >= 15 is 0 Å². The zero-order valence-corrected chi connectivity index (χ0v) is 46.2. The highest BCUT2D eigenvalue weighted by Gasteiger charge is 2.67. The van der Waals surface area contributed by atoms with E-state index in [1.807, 2.05) is 0 Å².